The van der Waals surface area contributed by atoms with E-state index in [-0.39, 0.29) is 0 Å². The van der Waals surface area contributed by atoms with E-state index in [9.17, 15) is 0 Å². The summed E-state index contributed by atoms with van der Waals surface area (Å²) in [6.45, 7) is 0. The molecule has 0 radical (unpaired) electrons. The van der Waals surface area contributed by atoms with Crippen molar-refractivity contribution in [1.82, 2.24) is 4.57 Å². The first kappa shape index (κ1) is 30.5. The van der Waals surface area contributed by atoms with Gasteiger partial charge in [0.25, 0.3) is 0 Å². The molecule has 0 aliphatic heterocycles. The summed E-state index contributed by atoms with van der Waals surface area (Å²) in [7, 11) is 0. The maximum Gasteiger partial charge on any atom is 0.0619 e. The van der Waals surface area contributed by atoms with Crippen molar-refractivity contribution in [2.24, 2.45) is 0 Å². The standard InChI is InChI=1S/C52H34N2/c1-2-20-39(21-3-1)54-49-30-14-28-43(51(49)47-32-31-36-16-5-9-25-44(36)52(47)54)37-19-12-22-40(33-37)53(48-29-13-18-35-15-4-8-24-42(35)48)50-34-38-17-6-7-23-41(38)45-26-10-11-27-46(45)50/h1-34H. The van der Waals surface area contributed by atoms with E-state index in [0.717, 1.165) is 22.7 Å². The Labute approximate surface area is 313 Å². The van der Waals surface area contributed by atoms with Crippen LogP contribution < -0.4 is 4.90 Å². The molecule has 0 bridgehead atoms. The highest BCUT2D eigenvalue weighted by atomic mass is 15.1. The number of aromatic nitrogens is 1. The number of anilines is 3. The molecule has 0 spiro atoms. The van der Waals surface area contributed by atoms with Crippen LogP contribution in [-0.2, 0) is 0 Å². The van der Waals surface area contributed by atoms with E-state index in [4.69, 9.17) is 0 Å². The van der Waals surface area contributed by atoms with Crippen LogP contribution in [0.15, 0.2) is 206 Å². The molecule has 0 aliphatic carbocycles. The minimum atomic E-state index is 1.11. The number of nitrogens with zero attached hydrogens (tertiary/aromatic N) is 2. The number of para-hydroxylation sites is 1. The SMILES string of the molecule is c1ccc(-n2c3cccc(-c4cccc(N(c5cccc6ccccc56)c5cc6ccccc6c6ccccc56)c4)c3c3ccc4ccccc4c32)cc1. The molecule has 2 nitrogen and oxygen atoms in total. The molecular formula is C52H34N2. The Balaban J connectivity index is 1.21. The largest absolute Gasteiger partial charge is 0.309 e. The normalized spacial score (nSPS) is 11.7. The molecule has 0 atom stereocenters. The third-order valence-corrected chi connectivity index (χ3v) is 11.1. The number of fused-ring (bicyclic) bond motifs is 9. The van der Waals surface area contributed by atoms with Gasteiger partial charge < -0.3 is 9.47 Å². The van der Waals surface area contributed by atoms with Crippen LogP contribution in [0.5, 0.6) is 0 Å². The van der Waals surface area contributed by atoms with Gasteiger partial charge in [0.05, 0.1) is 22.4 Å². The minimum Gasteiger partial charge on any atom is -0.309 e. The third kappa shape index (κ3) is 4.67. The molecule has 0 saturated heterocycles. The maximum absolute atomic E-state index is 2.47. The molecule has 1 heterocycles. The lowest BCUT2D eigenvalue weighted by Gasteiger charge is -2.29. The van der Waals surface area contributed by atoms with Crippen LogP contribution in [0.2, 0.25) is 0 Å². The van der Waals surface area contributed by atoms with E-state index in [2.05, 4.69) is 216 Å². The molecule has 0 N–H and O–H groups in total. The summed E-state index contributed by atoms with van der Waals surface area (Å²) in [5.41, 5.74) is 9.39. The lowest BCUT2D eigenvalue weighted by Crippen LogP contribution is -2.11. The molecule has 0 aliphatic rings. The zero-order valence-electron chi connectivity index (χ0n) is 29.5. The van der Waals surface area contributed by atoms with Gasteiger partial charge in [-0.25, -0.2) is 0 Å². The molecule has 0 saturated carbocycles. The average Bonchev–Trinajstić information content (AvgIpc) is 3.60. The lowest BCUT2D eigenvalue weighted by atomic mass is 9.96. The molecule has 2 heteroatoms. The average molecular weight is 687 g/mol. The second-order valence-electron chi connectivity index (χ2n) is 14.1. The van der Waals surface area contributed by atoms with Gasteiger partial charge in [0.2, 0.25) is 0 Å². The first-order chi connectivity index (χ1) is 26.8. The van der Waals surface area contributed by atoms with Crippen molar-refractivity contribution < 1.29 is 0 Å². The summed E-state index contributed by atoms with van der Waals surface area (Å²) in [5, 5.41) is 12.4. The van der Waals surface area contributed by atoms with Gasteiger partial charge in [0.15, 0.2) is 0 Å². The van der Waals surface area contributed by atoms with E-state index in [1.54, 1.807) is 0 Å². The monoisotopic (exact) mass is 686 g/mol. The van der Waals surface area contributed by atoms with E-state index in [1.165, 1.54) is 76.0 Å². The van der Waals surface area contributed by atoms with E-state index < -0.39 is 0 Å². The molecule has 10 aromatic carbocycles. The molecule has 11 rings (SSSR count). The van der Waals surface area contributed by atoms with Crippen LogP contribution >= 0.6 is 0 Å². The van der Waals surface area contributed by atoms with Gasteiger partial charge in [0, 0.05) is 38.3 Å². The molecular weight excluding hydrogens is 653 g/mol. The van der Waals surface area contributed by atoms with Crippen LogP contribution in [0.3, 0.4) is 0 Å². The summed E-state index contributed by atoms with van der Waals surface area (Å²) in [4.78, 5) is 2.47. The number of rotatable bonds is 5. The Hall–Kier alpha value is -7.16. The Kier molecular flexibility index (Phi) is 6.90. The molecule has 0 fully saturated rings. The fraction of sp³-hybridized carbons (Fsp3) is 0. The summed E-state index contributed by atoms with van der Waals surface area (Å²) < 4.78 is 2.45. The van der Waals surface area contributed by atoms with E-state index >= 15 is 0 Å². The van der Waals surface area contributed by atoms with Gasteiger partial charge in [-0.05, 0) is 80.5 Å². The topological polar surface area (TPSA) is 8.17 Å². The first-order valence-electron chi connectivity index (χ1n) is 18.6. The van der Waals surface area contributed by atoms with Crippen molar-refractivity contribution in [3.05, 3.63) is 206 Å². The fourth-order valence-corrected chi connectivity index (χ4v) is 8.76. The number of benzene rings is 10. The zero-order valence-corrected chi connectivity index (χ0v) is 29.5. The molecule has 11 aromatic rings. The molecule has 252 valence electrons. The van der Waals surface area contributed by atoms with Crippen molar-refractivity contribution in [1.29, 1.82) is 0 Å². The van der Waals surface area contributed by atoms with Gasteiger partial charge in [-0.15, -0.1) is 0 Å². The minimum absolute atomic E-state index is 1.11. The van der Waals surface area contributed by atoms with Crippen LogP contribution in [-0.4, -0.2) is 4.57 Å². The van der Waals surface area contributed by atoms with Gasteiger partial charge in [-0.1, -0.05) is 164 Å². The first-order valence-corrected chi connectivity index (χ1v) is 18.6. The third-order valence-electron chi connectivity index (χ3n) is 11.1. The molecule has 0 unspecified atom stereocenters. The van der Waals surface area contributed by atoms with Crippen LogP contribution in [0.4, 0.5) is 17.1 Å². The van der Waals surface area contributed by atoms with Crippen molar-refractivity contribution in [2.75, 3.05) is 4.90 Å². The van der Waals surface area contributed by atoms with E-state index in [1.807, 2.05) is 0 Å². The number of hydrogen-bond acceptors (Lipinski definition) is 1. The van der Waals surface area contributed by atoms with E-state index in [0.29, 0.717) is 0 Å². The summed E-state index contributed by atoms with van der Waals surface area (Å²) in [6.07, 6.45) is 0. The van der Waals surface area contributed by atoms with Gasteiger partial charge in [-0.2, -0.15) is 0 Å². The molecule has 0 amide bonds. The Bertz CT molecular complexity index is 3220. The van der Waals surface area contributed by atoms with Crippen molar-refractivity contribution in [2.45, 2.75) is 0 Å². The van der Waals surface area contributed by atoms with Gasteiger partial charge in [0.1, 0.15) is 0 Å². The predicted octanol–water partition coefficient (Wildman–Crippen LogP) is 14.5. The Morgan fingerprint density at radius 2 is 0.981 bits per heavy atom. The lowest BCUT2D eigenvalue weighted by molar-refractivity contribution is 1.19. The van der Waals surface area contributed by atoms with Gasteiger partial charge >= 0.3 is 0 Å². The smallest absolute Gasteiger partial charge is 0.0619 e. The highest BCUT2D eigenvalue weighted by Crippen LogP contribution is 2.46. The highest BCUT2D eigenvalue weighted by Gasteiger charge is 2.22. The maximum atomic E-state index is 2.47. The predicted molar refractivity (Wildman–Crippen MR) is 231 cm³/mol. The van der Waals surface area contributed by atoms with Crippen LogP contribution in [0.25, 0.3) is 81.7 Å². The van der Waals surface area contributed by atoms with Crippen molar-refractivity contribution in [3.8, 4) is 16.8 Å². The summed E-state index contributed by atoms with van der Waals surface area (Å²) in [6, 6.07) is 75.3. The summed E-state index contributed by atoms with van der Waals surface area (Å²) >= 11 is 0. The second kappa shape index (κ2) is 12.2. The number of hydrogen-bond donors (Lipinski definition) is 0. The zero-order chi connectivity index (χ0) is 35.6. The highest BCUT2D eigenvalue weighted by molar-refractivity contribution is 6.22. The molecule has 1 aromatic heterocycles. The van der Waals surface area contributed by atoms with Crippen molar-refractivity contribution in [3.63, 3.8) is 0 Å². The van der Waals surface area contributed by atoms with Crippen LogP contribution in [0, 0.1) is 0 Å². The van der Waals surface area contributed by atoms with Gasteiger partial charge in [-0.3, -0.25) is 0 Å². The van der Waals surface area contributed by atoms with Crippen LogP contribution in [0.1, 0.15) is 0 Å². The Morgan fingerprint density at radius 1 is 0.352 bits per heavy atom. The van der Waals surface area contributed by atoms with Crippen molar-refractivity contribution >= 4 is 82.0 Å². The fourth-order valence-electron chi connectivity index (χ4n) is 8.76. The summed E-state index contributed by atoms with van der Waals surface area (Å²) in [5.74, 6) is 0. The Morgan fingerprint density at radius 3 is 1.81 bits per heavy atom. The quantitative estimate of drug-likeness (QED) is 0.164. The molecule has 54 heavy (non-hydrogen) atoms. The second-order valence-corrected chi connectivity index (χ2v) is 14.1.